The molecule has 2 heterocycles. The van der Waals surface area contributed by atoms with Gasteiger partial charge >= 0.3 is 0 Å². The third kappa shape index (κ3) is 4.36. The summed E-state index contributed by atoms with van der Waals surface area (Å²) in [5.74, 6) is -3.54. The van der Waals surface area contributed by atoms with Gasteiger partial charge in [-0.05, 0) is 36.2 Å². The van der Waals surface area contributed by atoms with Crippen LogP contribution in [0.5, 0.6) is 0 Å². The number of aliphatic hydroxyl groups excluding tert-OH is 1. The normalized spacial score (nSPS) is 12.5. The van der Waals surface area contributed by atoms with Crippen molar-refractivity contribution < 1.29 is 22.7 Å². The smallest absolute Gasteiger partial charge is 0.261 e. The molecule has 2 aromatic heterocycles. The first-order valence-electron chi connectivity index (χ1n) is 10.1. The minimum absolute atomic E-state index is 0.00319. The first kappa shape index (κ1) is 22.6. The quantitative estimate of drug-likeness (QED) is 0.434. The van der Waals surface area contributed by atoms with Gasteiger partial charge in [0.15, 0.2) is 0 Å². The largest absolute Gasteiger partial charge is 0.394 e. The molecule has 0 spiro atoms. The molecule has 0 aliphatic carbocycles. The van der Waals surface area contributed by atoms with Gasteiger partial charge in [-0.25, -0.2) is 27.5 Å². The second kappa shape index (κ2) is 8.74. The first-order valence-corrected chi connectivity index (χ1v) is 10.1. The van der Waals surface area contributed by atoms with Gasteiger partial charge in [-0.15, -0.1) is 0 Å². The molecule has 2 aromatic carbocycles. The predicted octanol–water partition coefficient (Wildman–Crippen LogP) is 4.87. The maximum absolute atomic E-state index is 13.9. The Bertz CT molecular complexity index is 1380. The topological polar surface area (TPSA) is 68.0 Å². The van der Waals surface area contributed by atoms with E-state index in [0.29, 0.717) is 12.1 Å². The molecule has 0 saturated heterocycles. The Kier molecular flexibility index (Phi) is 5.99. The van der Waals surface area contributed by atoms with E-state index >= 15 is 0 Å². The lowest BCUT2D eigenvalue weighted by molar-refractivity contribution is 0.189. The van der Waals surface area contributed by atoms with Crippen LogP contribution in [-0.4, -0.2) is 26.2 Å². The van der Waals surface area contributed by atoms with Gasteiger partial charge in [-0.1, -0.05) is 13.8 Å². The Hall–Kier alpha value is -3.59. The third-order valence-corrected chi connectivity index (χ3v) is 5.38. The SMILES string of the molecule is CC(C)C(CO)n1cnc2c(-c3cc(F)cc(F)c3)nc(-c3cc(F)cc(F)c3)cc2c1=O. The molecule has 1 N–H and O–H groups in total. The lowest BCUT2D eigenvalue weighted by atomic mass is 10.0. The first-order chi connectivity index (χ1) is 15.7. The summed E-state index contributed by atoms with van der Waals surface area (Å²) in [4.78, 5) is 22.0. The Morgan fingerprint density at radius 1 is 0.879 bits per heavy atom. The zero-order valence-corrected chi connectivity index (χ0v) is 17.7. The van der Waals surface area contributed by atoms with E-state index in [9.17, 15) is 27.5 Å². The number of aliphatic hydroxyl groups is 1. The number of rotatable bonds is 5. The number of pyridine rings is 1. The number of hydrogen-bond acceptors (Lipinski definition) is 4. The van der Waals surface area contributed by atoms with Crippen LogP contribution >= 0.6 is 0 Å². The van der Waals surface area contributed by atoms with Crippen molar-refractivity contribution in [1.82, 2.24) is 14.5 Å². The average molecular weight is 457 g/mol. The number of fused-ring (bicyclic) bond motifs is 1. The predicted molar refractivity (Wildman–Crippen MR) is 115 cm³/mol. The van der Waals surface area contributed by atoms with Crippen molar-refractivity contribution in [3.63, 3.8) is 0 Å². The number of nitrogens with zero attached hydrogens (tertiary/aromatic N) is 3. The molecule has 4 aromatic rings. The van der Waals surface area contributed by atoms with E-state index in [1.54, 1.807) is 0 Å². The van der Waals surface area contributed by atoms with Gasteiger partial charge in [0.2, 0.25) is 0 Å². The van der Waals surface area contributed by atoms with Crippen LogP contribution in [0.25, 0.3) is 33.4 Å². The summed E-state index contributed by atoms with van der Waals surface area (Å²) in [6.45, 7) is 3.33. The van der Waals surface area contributed by atoms with E-state index in [1.165, 1.54) is 17.0 Å². The second-order valence-electron chi connectivity index (χ2n) is 8.02. The Morgan fingerprint density at radius 3 is 1.94 bits per heavy atom. The monoisotopic (exact) mass is 457 g/mol. The van der Waals surface area contributed by atoms with Crippen molar-refractivity contribution in [2.45, 2.75) is 19.9 Å². The Morgan fingerprint density at radius 2 is 1.42 bits per heavy atom. The van der Waals surface area contributed by atoms with Crippen molar-refractivity contribution in [1.29, 1.82) is 0 Å². The second-order valence-corrected chi connectivity index (χ2v) is 8.02. The lowest BCUT2D eigenvalue weighted by Crippen LogP contribution is -2.30. The van der Waals surface area contributed by atoms with Crippen LogP contribution < -0.4 is 5.56 Å². The Labute approximate surface area is 186 Å². The molecule has 170 valence electrons. The summed E-state index contributed by atoms with van der Waals surface area (Å²) in [7, 11) is 0. The number of halogens is 4. The van der Waals surface area contributed by atoms with E-state index in [0.717, 1.165) is 24.3 Å². The molecule has 0 fully saturated rings. The summed E-state index contributed by atoms with van der Waals surface area (Å²) in [6, 6.07) is 6.25. The van der Waals surface area contributed by atoms with Crippen LogP contribution in [0.3, 0.4) is 0 Å². The molecule has 4 rings (SSSR count). The van der Waals surface area contributed by atoms with Gasteiger partial charge in [0.1, 0.15) is 28.8 Å². The van der Waals surface area contributed by atoms with E-state index in [4.69, 9.17) is 0 Å². The van der Waals surface area contributed by atoms with Crippen LogP contribution in [-0.2, 0) is 0 Å². The van der Waals surface area contributed by atoms with Gasteiger partial charge in [0, 0.05) is 23.3 Å². The van der Waals surface area contributed by atoms with Crippen LogP contribution in [0.1, 0.15) is 19.9 Å². The highest BCUT2D eigenvalue weighted by Crippen LogP contribution is 2.31. The van der Waals surface area contributed by atoms with E-state index in [-0.39, 0.29) is 45.9 Å². The fourth-order valence-corrected chi connectivity index (χ4v) is 3.74. The minimum Gasteiger partial charge on any atom is -0.394 e. The molecule has 0 aliphatic heterocycles. The van der Waals surface area contributed by atoms with Gasteiger partial charge in [-0.2, -0.15) is 0 Å². The van der Waals surface area contributed by atoms with Crippen molar-refractivity contribution >= 4 is 10.9 Å². The summed E-state index contributed by atoms with van der Waals surface area (Å²) >= 11 is 0. The number of hydrogen-bond donors (Lipinski definition) is 1. The molecular formula is C24H19F4N3O2. The zero-order chi connectivity index (χ0) is 23.9. The molecule has 33 heavy (non-hydrogen) atoms. The van der Waals surface area contributed by atoms with Crippen LogP contribution in [0.2, 0.25) is 0 Å². The van der Waals surface area contributed by atoms with Crippen molar-refractivity contribution in [3.05, 3.63) is 82.4 Å². The summed E-state index contributed by atoms with van der Waals surface area (Å²) in [6.07, 6.45) is 1.24. The third-order valence-electron chi connectivity index (χ3n) is 5.38. The zero-order valence-electron chi connectivity index (χ0n) is 17.7. The highest BCUT2D eigenvalue weighted by atomic mass is 19.1. The van der Waals surface area contributed by atoms with Gasteiger partial charge in [0.25, 0.3) is 5.56 Å². The maximum Gasteiger partial charge on any atom is 0.261 e. The highest BCUT2D eigenvalue weighted by molar-refractivity contribution is 5.93. The molecule has 1 atom stereocenters. The average Bonchev–Trinajstić information content (AvgIpc) is 2.73. The van der Waals surface area contributed by atoms with Gasteiger partial charge in [-0.3, -0.25) is 9.36 Å². The fraction of sp³-hybridized carbons (Fsp3) is 0.208. The fourth-order valence-electron chi connectivity index (χ4n) is 3.74. The molecule has 0 saturated carbocycles. The standard InChI is InChI=1S/C24H19F4N3O2/c1-12(2)21(10-32)31-11-29-23-19(24(31)33)9-20(13-3-15(25)7-16(26)4-13)30-22(23)14-5-17(27)8-18(28)6-14/h3-9,11-12,21,32H,10H2,1-2H3. The number of benzene rings is 2. The van der Waals surface area contributed by atoms with Crippen molar-refractivity contribution in [2.75, 3.05) is 6.61 Å². The van der Waals surface area contributed by atoms with E-state index in [1.807, 2.05) is 13.8 Å². The molecule has 0 aliphatic rings. The molecular weight excluding hydrogens is 438 g/mol. The molecule has 1 unspecified atom stereocenters. The van der Waals surface area contributed by atoms with Crippen LogP contribution in [0, 0.1) is 29.2 Å². The molecule has 0 bridgehead atoms. The van der Waals surface area contributed by atoms with E-state index < -0.39 is 34.9 Å². The van der Waals surface area contributed by atoms with E-state index in [2.05, 4.69) is 9.97 Å². The molecule has 9 heteroatoms. The molecule has 0 radical (unpaired) electrons. The molecule has 0 amide bonds. The Balaban J connectivity index is 2.08. The maximum atomic E-state index is 13.9. The van der Waals surface area contributed by atoms with Gasteiger partial charge < -0.3 is 5.11 Å². The van der Waals surface area contributed by atoms with Gasteiger partial charge in [0.05, 0.1) is 35.8 Å². The lowest BCUT2D eigenvalue weighted by Gasteiger charge is -2.21. The summed E-state index contributed by atoms with van der Waals surface area (Å²) < 4.78 is 56.9. The van der Waals surface area contributed by atoms with Crippen molar-refractivity contribution in [2.24, 2.45) is 5.92 Å². The highest BCUT2D eigenvalue weighted by Gasteiger charge is 2.21. The van der Waals surface area contributed by atoms with Crippen LogP contribution in [0.4, 0.5) is 17.6 Å². The van der Waals surface area contributed by atoms with Crippen molar-refractivity contribution in [3.8, 4) is 22.5 Å². The number of aromatic nitrogens is 3. The molecule has 5 nitrogen and oxygen atoms in total. The van der Waals surface area contributed by atoms with Crippen LogP contribution in [0.15, 0.2) is 53.6 Å². The summed E-state index contributed by atoms with van der Waals surface area (Å²) in [5, 5.41) is 9.79. The minimum atomic E-state index is -0.865. The summed E-state index contributed by atoms with van der Waals surface area (Å²) in [5.41, 5.74) is -0.454.